The van der Waals surface area contributed by atoms with E-state index < -0.39 is 0 Å². The summed E-state index contributed by atoms with van der Waals surface area (Å²) in [6, 6.07) is 20.4. The number of nitriles is 1. The van der Waals surface area contributed by atoms with E-state index in [0.29, 0.717) is 22.9 Å². The Morgan fingerprint density at radius 1 is 1.19 bits per heavy atom. The zero-order chi connectivity index (χ0) is 22.2. The number of benzene rings is 2. The number of hydrogen-bond acceptors (Lipinski definition) is 4. The molecule has 160 valence electrons. The first-order valence-electron chi connectivity index (χ1n) is 11.2. The molecular formula is C27H25N3OS. The summed E-state index contributed by atoms with van der Waals surface area (Å²) in [4.78, 5) is 18.7. The molecule has 0 saturated carbocycles. The van der Waals surface area contributed by atoms with Gasteiger partial charge in [-0.2, -0.15) is 5.26 Å². The van der Waals surface area contributed by atoms with Gasteiger partial charge < -0.3 is 0 Å². The molecule has 0 saturated heterocycles. The maximum absolute atomic E-state index is 13.8. The zero-order valence-electron chi connectivity index (χ0n) is 18.3. The van der Waals surface area contributed by atoms with Crippen molar-refractivity contribution in [1.29, 1.82) is 5.26 Å². The van der Waals surface area contributed by atoms with E-state index in [9.17, 15) is 10.1 Å². The third-order valence-electron chi connectivity index (χ3n) is 6.42. The molecule has 0 radical (unpaired) electrons. The highest BCUT2D eigenvalue weighted by Gasteiger charge is 2.27. The maximum Gasteiger partial charge on any atom is 0.245 e. The molecule has 2 heterocycles. The van der Waals surface area contributed by atoms with Crippen molar-refractivity contribution in [2.45, 2.75) is 49.8 Å². The number of aryl methyl sites for hydroxylation is 1. The van der Waals surface area contributed by atoms with Crippen molar-refractivity contribution in [2.24, 2.45) is 5.92 Å². The number of hydrogen-bond donors (Lipinski definition) is 0. The number of nitrogens with zero attached hydrogens (tertiary/aromatic N) is 3. The molecule has 4 aromatic rings. The summed E-state index contributed by atoms with van der Waals surface area (Å²) in [5.41, 5.74) is 4.70. The van der Waals surface area contributed by atoms with Gasteiger partial charge in [-0.25, -0.2) is 4.98 Å². The maximum atomic E-state index is 13.8. The van der Waals surface area contributed by atoms with Crippen molar-refractivity contribution >= 4 is 39.5 Å². The molecule has 0 aliphatic heterocycles. The van der Waals surface area contributed by atoms with Crippen LogP contribution >= 0.6 is 11.8 Å². The molecule has 2 aromatic heterocycles. The molecule has 0 N–H and O–H groups in total. The van der Waals surface area contributed by atoms with Gasteiger partial charge in [0, 0.05) is 16.5 Å². The van der Waals surface area contributed by atoms with E-state index in [4.69, 9.17) is 4.98 Å². The second-order valence-electron chi connectivity index (χ2n) is 8.63. The highest BCUT2D eigenvalue weighted by molar-refractivity contribution is 8.00. The van der Waals surface area contributed by atoms with Gasteiger partial charge >= 0.3 is 0 Å². The lowest BCUT2D eigenvalue weighted by Crippen LogP contribution is -2.24. The van der Waals surface area contributed by atoms with Gasteiger partial charge in [-0.15, -0.1) is 0 Å². The van der Waals surface area contributed by atoms with Crippen LogP contribution in [0.1, 0.15) is 48.3 Å². The van der Waals surface area contributed by atoms with Crippen molar-refractivity contribution in [1.82, 2.24) is 9.55 Å². The molecular weight excluding hydrogens is 414 g/mol. The Balaban J connectivity index is 1.56. The van der Waals surface area contributed by atoms with Crippen molar-refractivity contribution in [3.05, 3.63) is 71.4 Å². The number of aromatic nitrogens is 2. The molecule has 32 heavy (non-hydrogen) atoms. The fourth-order valence-corrected chi connectivity index (χ4v) is 5.78. The van der Waals surface area contributed by atoms with Crippen LogP contribution in [-0.2, 0) is 12.8 Å². The highest BCUT2D eigenvalue weighted by atomic mass is 32.2. The quantitative estimate of drug-likeness (QED) is 0.345. The van der Waals surface area contributed by atoms with Crippen LogP contribution in [0, 0.1) is 17.2 Å². The molecule has 0 fully saturated rings. The number of para-hydroxylation sites is 2. The summed E-state index contributed by atoms with van der Waals surface area (Å²) < 4.78 is 1.85. The number of pyridine rings is 1. The van der Waals surface area contributed by atoms with Gasteiger partial charge in [0.15, 0.2) is 0 Å². The van der Waals surface area contributed by atoms with Gasteiger partial charge in [0.1, 0.15) is 11.1 Å². The van der Waals surface area contributed by atoms with Gasteiger partial charge in [0.25, 0.3) is 0 Å². The normalized spacial score (nSPS) is 16.6. The lowest BCUT2D eigenvalue weighted by Gasteiger charge is -2.22. The molecule has 5 rings (SSSR count). The number of rotatable bonds is 4. The first-order chi connectivity index (χ1) is 15.6. The van der Waals surface area contributed by atoms with Crippen LogP contribution in [0.15, 0.2) is 59.6 Å². The summed E-state index contributed by atoms with van der Waals surface area (Å²) in [5.74, 6) is 0.654. The molecule has 0 spiro atoms. The Labute approximate surface area is 192 Å². The third kappa shape index (κ3) is 3.49. The van der Waals surface area contributed by atoms with E-state index in [1.807, 2.05) is 54.0 Å². The Kier molecular flexibility index (Phi) is 5.48. The van der Waals surface area contributed by atoms with Crippen LogP contribution in [0.4, 0.5) is 0 Å². The predicted molar refractivity (Wildman–Crippen MR) is 130 cm³/mol. The number of fused-ring (bicyclic) bond motifs is 4. The monoisotopic (exact) mass is 439 g/mol. The predicted octanol–water partition coefficient (Wildman–Crippen LogP) is 6.40. The lowest BCUT2D eigenvalue weighted by molar-refractivity contribution is 0.0919. The molecule has 1 aliphatic rings. The van der Waals surface area contributed by atoms with Crippen LogP contribution in [0.3, 0.4) is 0 Å². The van der Waals surface area contributed by atoms with Crippen LogP contribution in [-0.4, -0.2) is 20.7 Å². The van der Waals surface area contributed by atoms with Crippen molar-refractivity contribution in [3.63, 3.8) is 0 Å². The van der Waals surface area contributed by atoms with Crippen LogP contribution in [0.2, 0.25) is 0 Å². The van der Waals surface area contributed by atoms with E-state index in [-0.39, 0.29) is 11.2 Å². The average Bonchev–Trinajstić information content (AvgIpc) is 3.16. The zero-order valence-corrected chi connectivity index (χ0v) is 19.2. The fourth-order valence-electron chi connectivity index (χ4n) is 4.74. The Bertz CT molecular complexity index is 1330. The number of carbonyl (C=O) groups excluding carboxylic acids is 1. The molecule has 1 aliphatic carbocycles. The van der Waals surface area contributed by atoms with E-state index in [1.54, 1.807) is 0 Å². The molecule has 2 atom stereocenters. The van der Waals surface area contributed by atoms with E-state index in [2.05, 4.69) is 25.1 Å². The van der Waals surface area contributed by atoms with Crippen molar-refractivity contribution < 1.29 is 4.79 Å². The standard InChI is InChI=1S/C27H25N3OS/c1-3-25(32-26-19(16-28)15-18-14-17(2)12-13-22(18)29-26)27(31)30-23-10-6-4-8-20(23)21-9-5-7-11-24(21)30/h4-11,15,17,25H,3,12-14H2,1-2H3. The Morgan fingerprint density at radius 3 is 2.47 bits per heavy atom. The topological polar surface area (TPSA) is 58.7 Å². The van der Waals surface area contributed by atoms with Gasteiger partial charge in [0.2, 0.25) is 5.91 Å². The fraction of sp³-hybridized carbons (Fsp3) is 0.296. The lowest BCUT2D eigenvalue weighted by atomic mass is 9.87. The summed E-state index contributed by atoms with van der Waals surface area (Å²) in [6.45, 7) is 4.27. The first-order valence-corrected chi connectivity index (χ1v) is 12.1. The summed E-state index contributed by atoms with van der Waals surface area (Å²) in [6.07, 6.45) is 3.69. The molecule has 2 unspecified atom stereocenters. The van der Waals surface area contributed by atoms with Crippen molar-refractivity contribution in [2.75, 3.05) is 0 Å². The summed E-state index contributed by atoms with van der Waals surface area (Å²) in [7, 11) is 0. The third-order valence-corrected chi connectivity index (χ3v) is 7.77. The van der Waals surface area contributed by atoms with Gasteiger partial charge in [-0.3, -0.25) is 9.36 Å². The number of carbonyl (C=O) groups is 1. The number of thioether (sulfide) groups is 1. The minimum absolute atomic E-state index is 0.0342. The average molecular weight is 440 g/mol. The second kappa shape index (κ2) is 8.44. The molecule has 0 amide bonds. The van der Waals surface area contributed by atoms with Crippen LogP contribution in [0.5, 0.6) is 0 Å². The smallest absolute Gasteiger partial charge is 0.245 e. The Morgan fingerprint density at radius 2 is 1.84 bits per heavy atom. The van der Waals surface area contributed by atoms with Gasteiger partial charge in [-0.05, 0) is 55.4 Å². The SMILES string of the molecule is CCC(Sc1nc2c(cc1C#N)CC(C)CC2)C(=O)n1c2ccccc2c2ccccc21. The van der Waals surface area contributed by atoms with E-state index in [1.165, 1.54) is 17.3 Å². The van der Waals surface area contributed by atoms with E-state index >= 15 is 0 Å². The minimum atomic E-state index is -0.325. The molecule has 5 heteroatoms. The van der Waals surface area contributed by atoms with Crippen LogP contribution in [0.25, 0.3) is 21.8 Å². The highest BCUT2D eigenvalue weighted by Crippen LogP contribution is 2.35. The summed E-state index contributed by atoms with van der Waals surface area (Å²) >= 11 is 1.43. The van der Waals surface area contributed by atoms with Crippen LogP contribution < -0.4 is 0 Å². The van der Waals surface area contributed by atoms with Gasteiger partial charge in [0.05, 0.1) is 21.8 Å². The molecule has 0 bridgehead atoms. The summed E-state index contributed by atoms with van der Waals surface area (Å²) in [5, 5.41) is 12.3. The van der Waals surface area contributed by atoms with Crippen molar-refractivity contribution in [3.8, 4) is 6.07 Å². The largest absolute Gasteiger partial charge is 0.279 e. The van der Waals surface area contributed by atoms with E-state index in [0.717, 1.165) is 46.8 Å². The van der Waals surface area contributed by atoms with Gasteiger partial charge in [-0.1, -0.05) is 62.0 Å². The first kappa shape index (κ1) is 20.8. The molecule has 2 aromatic carbocycles. The molecule has 4 nitrogen and oxygen atoms in total. The Hall–Kier alpha value is -3.10. The second-order valence-corrected chi connectivity index (χ2v) is 9.82. The minimum Gasteiger partial charge on any atom is -0.279 e.